The van der Waals surface area contributed by atoms with Crippen molar-refractivity contribution in [2.45, 2.75) is 27.0 Å². The average Bonchev–Trinajstić information content (AvgIpc) is 2.80. The molecule has 1 fully saturated rings. The zero-order chi connectivity index (χ0) is 14.9. The number of carbonyl (C=O) groups is 2. The van der Waals surface area contributed by atoms with Crippen LogP contribution in [0.25, 0.3) is 0 Å². The van der Waals surface area contributed by atoms with E-state index in [1.54, 1.807) is 31.4 Å². The predicted octanol–water partition coefficient (Wildman–Crippen LogP) is 2.07. The first kappa shape index (κ1) is 14.4. The topological polar surface area (TPSA) is 55.8 Å². The SMILES string of the molecule is COc1ccc(C(=O)N2CC(=O)OC2C(C)(C)C)cc1. The number of benzene rings is 1. The van der Waals surface area contributed by atoms with E-state index in [2.05, 4.69) is 0 Å². The fraction of sp³-hybridized carbons (Fsp3) is 0.467. The fourth-order valence-corrected chi connectivity index (χ4v) is 2.17. The highest BCUT2D eigenvalue weighted by molar-refractivity contribution is 5.97. The maximum atomic E-state index is 12.5. The third-order valence-corrected chi connectivity index (χ3v) is 3.16. The number of hydrogen-bond donors (Lipinski definition) is 0. The van der Waals surface area contributed by atoms with Crippen molar-refractivity contribution in [3.8, 4) is 5.75 Å². The Bertz CT molecular complexity index is 516. The van der Waals surface area contributed by atoms with E-state index in [-0.39, 0.29) is 23.8 Å². The van der Waals surface area contributed by atoms with Gasteiger partial charge in [-0.1, -0.05) is 20.8 Å². The molecule has 1 aromatic carbocycles. The maximum Gasteiger partial charge on any atom is 0.327 e. The van der Waals surface area contributed by atoms with Crippen LogP contribution in [-0.2, 0) is 9.53 Å². The van der Waals surface area contributed by atoms with Crippen molar-refractivity contribution in [1.29, 1.82) is 0 Å². The van der Waals surface area contributed by atoms with Crippen molar-refractivity contribution in [3.63, 3.8) is 0 Å². The van der Waals surface area contributed by atoms with E-state index in [1.807, 2.05) is 20.8 Å². The number of cyclic esters (lactones) is 1. The largest absolute Gasteiger partial charge is 0.497 e. The van der Waals surface area contributed by atoms with Crippen molar-refractivity contribution in [3.05, 3.63) is 29.8 Å². The number of esters is 1. The molecule has 0 aliphatic carbocycles. The Morgan fingerprint density at radius 2 is 1.90 bits per heavy atom. The number of nitrogens with zero attached hydrogens (tertiary/aromatic N) is 1. The molecule has 1 saturated heterocycles. The summed E-state index contributed by atoms with van der Waals surface area (Å²) < 4.78 is 10.3. The van der Waals surface area contributed by atoms with Gasteiger partial charge in [0.05, 0.1) is 7.11 Å². The molecule has 1 heterocycles. The van der Waals surface area contributed by atoms with E-state index in [0.29, 0.717) is 11.3 Å². The number of amides is 1. The van der Waals surface area contributed by atoms with Crippen molar-refractivity contribution in [2.24, 2.45) is 5.41 Å². The number of methoxy groups -OCH3 is 1. The Labute approximate surface area is 118 Å². The molecule has 0 radical (unpaired) electrons. The summed E-state index contributed by atoms with van der Waals surface area (Å²) in [5.41, 5.74) is 0.187. The molecule has 2 rings (SSSR count). The van der Waals surface area contributed by atoms with Gasteiger partial charge in [-0.25, -0.2) is 0 Å². The first-order valence-electron chi connectivity index (χ1n) is 6.47. The van der Waals surface area contributed by atoms with E-state index in [9.17, 15) is 9.59 Å². The summed E-state index contributed by atoms with van der Waals surface area (Å²) in [6.07, 6.45) is -0.537. The lowest BCUT2D eigenvalue weighted by atomic mass is 9.93. The molecule has 1 aliphatic rings. The Morgan fingerprint density at radius 1 is 1.30 bits per heavy atom. The van der Waals surface area contributed by atoms with Gasteiger partial charge in [-0.3, -0.25) is 14.5 Å². The molecule has 108 valence electrons. The van der Waals surface area contributed by atoms with Crippen LogP contribution in [0.3, 0.4) is 0 Å². The molecule has 0 N–H and O–H groups in total. The van der Waals surface area contributed by atoms with Crippen LogP contribution in [-0.4, -0.2) is 36.7 Å². The summed E-state index contributed by atoms with van der Waals surface area (Å²) in [6.45, 7) is 5.80. The highest BCUT2D eigenvalue weighted by Gasteiger charge is 2.43. The minimum absolute atomic E-state index is 0.00714. The van der Waals surface area contributed by atoms with Gasteiger partial charge < -0.3 is 9.47 Å². The number of ether oxygens (including phenoxy) is 2. The quantitative estimate of drug-likeness (QED) is 0.776. The molecule has 1 atom stereocenters. The lowest BCUT2D eigenvalue weighted by molar-refractivity contribution is -0.146. The molecule has 1 aliphatic heterocycles. The van der Waals surface area contributed by atoms with E-state index in [1.165, 1.54) is 4.90 Å². The van der Waals surface area contributed by atoms with Gasteiger partial charge in [0.15, 0.2) is 6.23 Å². The molecule has 20 heavy (non-hydrogen) atoms. The first-order chi connectivity index (χ1) is 9.32. The van der Waals surface area contributed by atoms with Gasteiger partial charge in [-0.05, 0) is 24.3 Å². The Balaban J connectivity index is 2.24. The van der Waals surface area contributed by atoms with Gasteiger partial charge in [-0.2, -0.15) is 0 Å². The average molecular weight is 277 g/mol. The highest BCUT2D eigenvalue weighted by Crippen LogP contribution is 2.30. The summed E-state index contributed by atoms with van der Waals surface area (Å²) in [5, 5.41) is 0. The van der Waals surface area contributed by atoms with Crippen LogP contribution in [0.5, 0.6) is 5.75 Å². The molecule has 1 amide bonds. The van der Waals surface area contributed by atoms with Gasteiger partial charge in [0, 0.05) is 11.0 Å². The van der Waals surface area contributed by atoms with Gasteiger partial charge in [-0.15, -0.1) is 0 Å². The lowest BCUT2D eigenvalue weighted by Crippen LogP contribution is -2.43. The molecule has 5 nitrogen and oxygen atoms in total. The van der Waals surface area contributed by atoms with Crippen LogP contribution < -0.4 is 4.74 Å². The normalized spacial score (nSPS) is 18.9. The third kappa shape index (κ3) is 2.76. The Kier molecular flexibility index (Phi) is 3.70. The Hall–Kier alpha value is -2.04. The van der Waals surface area contributed by atoms with E-state index in [0.717, 1.165) is 0 Å². The highest BCUT2D eigenvalue weighted by atomic mass is 16.6. The molecule has 0 saturated carbocycles. The molecular formula is C15H19NO4. The van der Waals surface area contributed by atoms with Crippen LogP contribution in [0, 0.1) is 5.41 Å². The second kappa shape index (κ2) is 5.15. The number of carbonyl (C=O) groups excluding carboxylic acids is 2. The van der Waals surface area contributed by atoms with E-state index < -0.39 is 6.23 Å². The molecule has 0 bridgehead atoms. The van der Waals surface area contributed by atoms with Gasteiger partial charge >= 0.3 is 5.97 Å². The van der Waals surface area contributed by atoms with Crippen LogP contribution in [0.1, 0.15) is 31.1 Å². The van der Waals surface area contributed by atoms with Crippen molar-refractivity contribution < 1.29 is 19.1 Å². The monoisotopic (exact) mass is 277 g/mol. The molecule has 0 spiro atoms. The summed E-state index contributed by atoms with van der Waals surface area (Å²) in [7, 11) is 1.57. The standard InChI is InChI=1S/C15H19NO4/c1-15(2,3)14-16(9-12(17)20-14)13(18)10-5-7-11(19-4)8-6-10/h5-8,14H,9H2,1-4H3. The second-order valence-electron chi connectivity index (χ2n) is 5.87. The van der Waals surface area contributed by atoms with Crippen LogP contribution in [0.2, 0.25) is 0 Å². The number of rotatable bonds is 2. The third-order valence-electron chi connectivity index (χ3n) is 3.16. The van der Waals surface area contributed by atoms with Gasteiger partial charge in [0.1, 0.15) is 12.3 Å². The van der Waals surface area contributed by atoms with Gasteiger partial charge in [0.25, 0.3) is 5.91 Å². The maximum absolute atomic E-state index is 12.5. The zero-order valence-electron chi connectivity index (χ0n) is 12.2. The van der Waals surface area contributed by atoms with Gasteiger partial charge in [0.2, 0.25) is 0 Å². The van der Waals surface area contributed by atoms with Crippen LogP contribution >= 0.6 is 0 Å². The second-order valence-corrected chi connectivity index (χ2v) is 5.87. The van der Waals surface area contributed by atoms with Crippen molar-refractivity contribution >= 4 is 11.9 Å². The zero-order valence-corrected chi connectivity index (χ0v) is 12.2. The minimum Gasteiger partial charge on any atom is -0.497 e. The summed E-state index contributed by atoms with van der Waals surface area (Å²) >= 11 is 0. The van der Waals surface area contributed by atoms with E-state index in [4.69, 9.17) is 9.47 Å². The van der Waals surface area contributed by atoms with E-state index >= 15 is 0 Å². The van der Waals surface area contributed by atoms with Crippen LogP contribution in [0.15, 0.2) is 24.3 Å². The number of hydrogen-bond acceptors (Lipinski definition) is 4. The van der Waals surface area contributed by atoms with Crippen molar-refractivity contribution in [2.75, 3.05) is 13.7 Å². The molecular weight excluding hydrogens is 258 g/mol. The lowest BCUT2D eigenvalue weighted by Gasteiger charge is -2.32. The smallest absolute Gasteiger partial charge is 0.327 e. The summed E-state index contributed by atoms with van der Waals surface area (Å²) in [6, 6.07) is 6.81. The fourth-order valence-electron chi connectivity index (χ4n) is 2.17. The summed E-state index contributed by atoms with van der Waals surface area (Å²) in [4.78, 5) is 25.5. The minimum atomic E-state index is -0.537. The molecule has 1 aromatic rings. The summed E-state index contributed by atoms with van der Waals surface area (Å²) in [5.74, 6) is 0.105. The Morgan fingerprint density at radius 3 is 2.40 bits per heavy atom. The molecule has 0 aromatic heterocycles. The first-order valence-corrected chi connectivity index (χ1v) is 6.47. The molecule has 5 heteroatoms. The van der Waals surface area contributed by atoms with Crippen LogP contribution in [0.4, 0.5) is 0 Å². The van der Waals surface area contributed by atoms with Crippen molar-refractivity contribution in [1.82, 2.24) is 4.90 Å². The predicted molar refractivity (Wildman–Crippen MR) is 73.4 cm³/mol. The molecule has 1 unspecified atom stereocenters.